The van der Waals surface area contributed by atoms with E-state index in [1.807, 2.05) is 0 Å². The van der Waals surface area contributed by atoms with Gasteiger partial charge in [0.15, 0.2) is 5.82 Å². The molecule has 2 fully saturated rings. The highest BCUT2D eigenvalue weighted by Crippen LogP contribution is 2.53. The second kappa shape index (κ2) is 6.09. The minimum absolute atomic E-state index is 0.377. The van der Waals surface area contributed by atoms with Crippen molar-refractivity contribution in [3.63, 3.8) is 0 Å². The standard InChI is InChI=1S/C21H23N7/c1-12-8-9-28(12)21-22-18-7-3-6-15(18)19(23-21)14-5-2-4-13(10-14)16-11-17(16)20-24-26-27-25-20/h2,4-5,10,12,16-17H,3,6-9,11H2,1H3,(H,24,25,26,27)/t12-,16+,17-/m0/s1. The van der Waals surface area contributed by atoms with Gasteiger partial charge in [0.25, 0.3) is 0 Å². The Bertz CT molecular complexity index is 1030. The Kier molecular flexibility index (Phi) is 3.51. The van der Waals surface area contributed by atoms with Gasteiger partial charge in [-0.1, -0.05) is 23.4 Å². The van der Waals surface area contributed by atoms with E-state index < -0.39 is 0 Å². The predicted octanol–water partition coefficient (Wildman–Crippen LogP) is 3.02. The Hall–Kier alpha value is -2.83. The maximum atomic E-state index is 5.05. The van der Waals surface area contributed by atoms with Crippen LogP contribution in [0.4, 0.5) is 5.95 Å². The van der Waals surface area contributed by atoms with E-state index in [1.165, 1.54) is 35.2 Å². The third-order valence-electron chi connectivity index (χ3n) is 6.57. The van der Waals surface area contributed by atoms with Gasteiger partial charge in [-0.15, -0.1) is 10.2 Å². The predicted molar refractivity (Wildman–Crippen MR) is 105 cm³/mol. The molecule has 6 rings (SSSR count). The molecule has 1 aromatic carbocycles. The lowest BCUT2D eigenvalue weighted by Crippen LogP contribution is -2.46. The van der Waals surface area contributed by atoms with Gasteiger partial charge in [0.2, 0.25) is 5.95 Å². The highest BCUT2D eigenvalue weighted by atomic mass is 15.5. The van der Waals surface area contributed by atoms with E-state index in [1.54, 1.807) is 0 Å². The number of aromatic amines is 1. The Morgan fingerprint density at radius 3 is 2.89 bits per heavy atom. The molecule has 3 heterocycles. The van der Waals surface area contributed by atoms with Crippen molar-refractivity contribution in [1.29, 1.82) is 0 Å². The van der Waals surface area contributed by atoms with E-state index in [9.17, 15) is 0 Å². The molecule has 28 heavy (non-hydrogen) atoms. The summed E-state index contributed by atoms with van der Waals surface area (Å²) in [6.07, 6.45) is 5.64. The zero-order chi connectivity index (χ0) is 18.7. The summed E-state index contributed by atoms with van der Waals surface area (Å²) in [6.45, 7) is 3.32. The van der Waals surface area contributed by atoms with E-state index in [4.69, 9.17) is 9.97 Å². The van der Waals surface area contributed by atoms with Crippen LogP contribution in [0.5, 0.6) is 0 Å². The molecular formula is C21H23N7. The fourth-order valence-electron chi connectivity index (χ4n) is 4.69. The molecule has 0 amide bonds. The van der Waals surface area contributed by atoms with Crippen LogP contribution >= 0.6 is 0 Å². The quantitative estimate of drug-likeness (QED) is 0.757. The van der Waals surface area contributed by atoms with Crippen molar-refractivity contribution in [2.45, 2.75) is 56.9 Å². The summed E-state index contributed by atoms with van der Waals surface area (Å²) in [5, 5.41) is 14.6. The summed E-state index contributed by atoms with van der Waals surface area (Å²) in [6, 6.07) is 9.43. The van der Waals surface area contributed by atoms with Gasteiger partial charge in [0.1, 0.15) is 0 Å². The van der Waals surface area contributed by atoms with Crippen LogP contribution in [0.15, 0.2) is 24.3 Å². The summed E-state index contributed by atoms with van der Waals surface area (Å²) >= 11 is 0. The summed E-state index contributed by atoms with van der Waals surface area (Å²) in [4.78, 5) is 12.3. The molecule has 1 saturated carbocycles. The number of H-pyrrole nitrogens is 1. The monoisotopic (exact) mass is 373 g/mol. The van der Waals surface area contributed by atoms with Crippen molar-refractivity contribution in [3.05, 3.63) is 46.9 Å². The molecule has 2 aliphatic carbocycles. The number of aryl methyl sites for hydroxylation is 1. The highest BCUT2D eigenvalue weighted by molar-refractivity contribution is 5.67. The molecule has 1 N–H and O–H groups in total. The van der Waals surface area contributed by atoms with E-state index in [2.05, 4.69) is 56.7 Å². The van der Waals surface area contributed by atoms with Crippen molar-refractivity contribution in [1.82, 2.24) is 30.6 Å². The summed E-state index contributed by atoms with van der Waals surface area (Å²) in [5.41, 5.74) is 6.29. The molecule has 1 saturated heterocycles. The van der Waals surface area contributed by atoms with Crippen molar-refractivity contribution >= 4 is 5.95 Å². The van der Waals surface area contributed by atoms with Gasteiger partial charge in [0, 0.05) is 35.3 Å². The van der Waals surface area contributed by atoms with Crippen LogP contribution in [0.2, 0.25) is 0 Å². The Morgan fingerprint density at radius 2 is 2.11 bits per heavy atom. The van der Waals surface area contributed by atoms with Crippen LogP contribution in [-0.2, 0) is 12.8 Å². The molecule has 2 aromatic heterocycles. The molecule has 0 bridgehead atoms. The number of nitrogens with zero attached hydrogens (tertiary/aromatic N) is 6. The van der Waals surface area contributed by atoms with Gasteiger partial charge >= 0.3 is 0 Å². The van der Waals surface area contributed by atoms with Crippen LogP contribution in [0.25, 0.3) is 11.3 Å². The highest BCUT2D eigenvalue weighted by Gasteiger charge is 2.42. The number of benzene rings is 1. The van der Waals surface area contributed by atoms with E-state index in [0.717, 1.165) is 43.3 Å². The molecule has 3 aromatic rings. The maximum Gasteiger partial charge on any atom is 0.226 e. The molecule has 1 aliphatic heterocycles. The van der Waals surface area contributed by atoms with Crippen LogP contribution in [0, 0.1) is 0 Å². The van der Waals surface area contributed by atoms with Gasteiger partial charge in [0.05, 0.1) is 5.69 Å². The van der Waals surface area contributed by atoms with Crippen molar-refractivity contribution in [2.24, 2.45) is 0 Å². The molecule has 3 aliphatic rings. The fraction of sp³-hybridized carbons (Fsp3) is 0.476. The van der Waals surface area contributed by atoms with Crippen LogP contribution < -0.4 is 4.90 Å². The Morgan fingerprint density at radius 1 is 1.14 bits per heavy atom. The number of aromatic nitrogens is 6. The first-order valence-electron chi connectivity index (χ1n) is 10.3. The van der Waals surface area contributed by atoms with Gasteiger partial charge in [-0.25, -0.2) is 9.97 Å². The largest absolute Gasteiger partial charge is 0.338 e. The SMILES string of the molecule is C[C@H]1CCN1c1nc2c(c(-c3cccc([C@H]4C[C@@H]4c4nn[nH]n4)c3)n1)CCC2. The second-order valence-corrected chi connectivity index (χ2v) is 8.33. The first-order chi connectivity index (χ1) is 13.8. The topological polar surface area (TPSA) is 83.5 Å². The summed E-state index contributed by atoms with van der Waals surface area (Å²) < 4.78 is 0. The molecule has 142 valence electrons. The lowest BCUT2D eigenvalue weighted by atomic mass is 10.00. The average molecular weight is 373 g/mol. The second-order valence-electron chi connectivity index (χ2n) is 8.33. The van der Waals surface area contributed by atoms with Crippen molar-refractivity contribution < 1.29 is 0 Å². The maximum absolute atomic E-state index is 5.05. The first kappa shape index (κ1) is 16.2. The van der Waals surface area contributed by atoms with Gasteiger partial charge in [-0.2, -0.15) is 5.21 Å². The minimum atomic E-state index is 0.377. The minimum Gasteiger partial charge on any atom is -0.338 e. The van der Waals surface area contributed by atoms with Crippen LogP contribution in [0.3, 0.4) is 0 Å². The zero-order valence-corrected chi connectivity index (χ0v) is 16.0. The molecule has 0 unspecified atom stereocenters. The average Bonchev–Trinajstić information content (AvgIpc) is 3.09. The zero-order valence-electron chi connectivity index (χ0n) is 16.0. The van der Waals surface area contributed by atoms with Crippen molar-refractivity contribution in [3.8, 4) is 11.3 Å². The lowest BCUT2D eigenvalue weighted by molar-refractivity contribution is 0.470. The number of hydrogen-bond acceptors (Lipinski definition) is 6. The van der Waals surface area contributed by atoms with Crippen LogP contribution in [-0.4, -0.2) is 43.2 Å². The molecule has 3 atom stereocenters. The summed E-state index contributed by atoms with van der Waals surface area (Å²) in [7, 11) is 0. The molecule has 0 spiro atoms. The molecule has 7 nitrogen and oxygen atoms in total. The molecule has 0 radical (unpaired) electrons. The van der Waals surface area contributed by atoms with Gasteiger partial charge in [-0.05, 0) is 56.6 Å². The first-order valence-corrected chi connectivity index (χ1v) is 10.3. The van der Waals surface area contributed by atoms with Gasteiger partial charge < -0.3 is 4.90 Å². The van der Waals surface area contributed by atoms with Gasteiger partial charge in [-0.3, -0.25) is 0 Å². The third-order valence-corrected chi connectivity index (χ3v) is 6.57. The Labute approximate surface area is 163 Å². The van der Waals surface area contributed by atoms with Crippen LogP contribution in [0.1, 0.15) is 60.7 Å². The van der Waals surface area contributed by atoms with E-state index in [0.29, 0.717) is 17.9 Å². The number of fused-ring (bicyclic) bond motifs is 1. The normalized spacial score (nSPS) is 25.5. The fourth-order valence-corrected chi connectivity index (χ4v) is 4.69. The lowest BCUT2D eigenvalue weighted by Gasteiger charge is -2.39. The van der Waals surface area contributed by atoms with E-state index >= 15 is 0 Å². The summed E-state index contributed by atoms with van der Waals surface area (Å²) in [5.74, 6) is 2.59. The molecule has 7 heteroatoms. The number of anilines is 1. The Balaban J connectivity index is 1.37. The number of hydrogen-bond donors (Lipinski definition) is 1. The number of nitrogens with one attached hydrogen (secondary N) is 1. The number of tetrazole rings is 1. The number of rotatable bonds is 4. The van der Waals surface area contributed by atoms with E-state index in [-0.39, 0.29) is 0 Å². The third kappa shape index (κ3) is 2.52. The smallest absolute Gasteiger partial charge is 0.226 e. The van der Waals surface area contributed by atoms with Crippen molar-refractivity contribution in [2.75, 3.05) is 11.4 Å². The molecular weight excluding hydrogens is 350 g/mol.